The van der Waals surface area contributed by atoms with Crippen molar-refractivity contribution in [1.82, 2.24) is 21.3 Å². The molecule has 5 atom stereocenters. The van der Waals surface area contributed by atoms with Gasteiger partial charge in [0, 0.05) is 18.9 Å². The first kappa shape index (κ1) is 31.5. The van der Waals surface area contributed by atoms with Crippen LogP contribution in [0.4, 0.5) is 0 Å². The van der Waals surface area contributed by atoms with Gasteiger partial charge >= 0.3 is 5.97 Å². The van der Waals surface area contributed by atoms with Gasteiger partial charge in [0.2, 0.25) is 23.6 Å². The summed E-state index contributed by atoms with van der Waals surface area (Å²) in [5, 5.41) is 11.2. The summed E-state index contributed by atoms with van der Waals surface area (Å²) in [4.78, 5) is 64.3. The molecule has 4 N–H and O–H groups in total. The molecule has 1 heterocycles. The van der Waals surface area contributed by atoms with Gasteiger partial charge in [-0.1, -0.05) is 63.3 Å². The van der Waals surface area contributed by atoms with Crippen molar-refractivity contribution in [2.45, 2.75) is 84.5 Å². The second kappa shape index (κ2) is 15.7. The Morgan fingerprint density at radius 1 is 0.897 bits per heavy atom. The minimum absolute atomic E-state index is 0.228. The molecule has 0 unspecified atom stereocenters. The van der Waals surface area contributed by atoms with Gasteiger partial charge in [-0.3, -0.25) is 24.0 Å². The number of hydrogen-bond donors (Lipinski definition) is 4. The van der Waals surface area contributed by atoms with Gasteiger partial charge in [0.05, 0.1) is 12.5 Å². The zero-order chi connectivity index (χ0) is 28.9. The largest absolute Gasteiger partial charge is 0.466 e. The summed E-state index contributed by atoms with van der Waals surface area (Å²) in [5.74, 6) is -3.02. The molecule has 1 fully saturated rings. The highest BCUT2D eigenvalue weighted by molar-refractivity contribution is 5.95. The van der Waals surface area contributed by atoms with Gasteiger partial charge in [-0.2, -0.15) is 0 Å². The minimum Gasteiger partial charge on any atom is -0.466 e. The topological polar surface area (TPSA) is 143 Å². The van der Waals surface area contributed by atoms with Crippen LogP contribution in [0.1, 0.15) is 59.4 Å². The average Bonchev–Trinajstić information content (AvgIpc) is 2.89. The number of carbonyl (C=O) groups excluding carboxylic acids is 5. The lowest BCUT2D eigenvalue weighted by atomic mass is 9.94. The van der Waals surface area contributed by atoms with Crippen LogP contribution < -0.4 is 21.3 Å². The van der Waals surface area contributed by atoms with Crippen molar-refractivity contribution in [2.24, 2.45) is 11.8 Å². The summed E-state index contributed by atoms with van der Waals surface area (Å²) in [6, 6.07) is 5.95. The fourth-order valence-corrected chi connectivity index (χ4v) is 4.19. The molecule has 4 amide bonds. The van der Waals surface area contributed by atoms with E-state index in [1.807, 2.05) is 42.5 Å². The lowest BCUT2D eigenvalue weighted by Crippen LogP contribution is -2.56. The van der Waals surface area contributed by atoms with Crippen LogP contribution in [-0.2, 0) is 35.1 Å². The van der Waals surface area contributed by atoms with Crippen LogP contribution in [0.15, 0.2) is 42.5 Å². The monoisotopic (exact) mass is 542 g/mol. The number of ether oxygens (including phenoxy) is 1. The van der Waals surface area contributed by atoms with E-state index in [2.05, 4.69) is 21.3 Å². The Kier molecular flexibility index (Phi) is 12.7. The molecule has 10 heteroatoms. The fourth-order valence-electron chi connectivity index (χ4n) is 4.19. The zero-order valence-electron chi connectivity index (χ0n) is 23.5. The maximum atomic E-state index is 13.5. The van der Waals surface area contributed by atoms with Crippen LogP contribution in [0, 0.1) is 11.8 Å². The maximum Gasteiger partial charge on any atom is 0.306 e. The molecular formula is C29H42N4O6. The van der Waals surface area contributed by atoms with Crippen molar-refractivity contribution in [1.29, 1.82) is 0 Å². The smallest absolute Gasteiger partial charge is 0.306 e. The number of allylic oxidation sites excluding steroid dienone is 1. The molecule has 0 bridgehead atoms. The van der Waals surface area contributed by atoms with Crippen molar-refractivity contribution in [2.75, 3.05) is 6.61 Å². The Labute approximate surface area is 230 Å². The van der Waals surface area contributed by atoms with Crippen molar-refractivity contribution >= 4 is 29.6 Å². The summed E-state index contributed by atoms with van der Waals surface area (Å²) >= 11 is 0. The standard InChI is InChI=1S/C29H42N4O6/c1-6-39-24(34)16-12-8-11-15-22-19(4)26(35)33-25(18(2)3)29(38)30-20(5)27(36)32-23(28(37)31-22)17-21-13-9-7-10-14-21/h7-11,13-14,18-20,22-23,25H,6,12,15-17H2,1-5H3,(H,30,38)(H,31,37)(H,32,36)(H,33,35)/b11-8-/t19-,20-,22-,23-,25-/m1/s1. The molecule has 0 aromatic heterocycles. The third kappa shape index (κ3) is 10.2. The predicted octanol–water partition coefficient (Wildman–Crippen LogP) is 1.78. The quantitative estimate of drug-likeness (QED) is 0.277. The number of hydrogen-bond acceptors (Lipinski definition) is 6. The van der Waals surface area contributed by atoms with Crippen molar-refractivity contribution in [3.05, 3.63) is 48.0 Å². The van der Waals surface area contributed by atoms with Gasteiger partial charge < -0.3 is 26.0 Å². The van der Waals surface area contributed by atoms with E-state index >= 15 is 0 Å². The highest BCUT2D eigenvalue weighted by Gasteiger charge is 2.34. The van der Waals surface area contributed by atoms with Crippen LogP contribution in [0.2, 0.25) is 0 Å². The number of nitrogens with one attached hydrogen (secondary N) is 4. The average molecular weight is 543 g/mol. The molecule has 1 saturated heterocycles. The summed E-state index contributed by atoms with van der Waals surface area (Å²) < 4.78 is 4.94. The molecule has 0 aliphatic carbocycles. The number of benzene rings is 1. The molecule has 1 aliphatic rings. The number of esters is 1. The van der Waals surface area contributed by atoms with Gasteiger partial charge in [-0.25, -0.2) is 0 Å². The number of rotatable bonds is 9. The van der Waals surface area contributed by atoms with Crippen LogP contribution in [0.5, 0.6) is 0 Å². The molecule has 39 heavy (non-hydrogen) atoms. The van der Waals surface area contributed by atoms with E-state index in [1.165, 1.54) is 6.92 Å². The van der Waals surface area contributed by atoms with Crippen LogP contribution >= 0.6 is 0 Å². The van der Waals surface area contributed by atoms with E-state index in [0.717, 1.165) is 5.56 Å². The highest BCUT2D eigenvalue weighted by atomic mass is 16.5. The van der Waals surface area contributed by atoms with E-state index < -0.39 is 47.8 Å². The molecular weight excluding hydrogens is 500 g/mol. The van der Waals surface area contributed by atoms with Gasteiger partial charge in [0.1, 0.15) is 18.1 Å². The Morgan fingerprint density at radius 2 is 1.59 bits per heavy atom. The Morgan fingerprint density at radius 3 is 2.23 bits per heavy atom. The van der Waals surface area contributed by atoms with Gasteiger partial charge in [0.25, 0.3) is 0 Å². The second-order valence-electron chi connectivity index (χ2n) is 10.2. The minimum atomic E-state index is -0.925. The molecule has 0 saturated carbocycles. The van der Waals surface area contributed by atoms with Crippen LogP contribution in [0.3, 0.4) is 0 Å². The molecule has 10 nitrogen and oxygen atoms in total. The molecule has 214 valence electrons. The summed E-state index contributed by atoms with van der Waals surface area (Å²) in [6.45, 7) is 8.90. The Balaban J connectivity index is 2.33. The van der Waals surface area contributed by atoms with Gasteiger partial charge in [-0.15, -0.1) is 0 Å². The van der Waals surface area contributed by atoms with E-state index in [-0.39, 0.29) is 30.6 Å². The summed E-state index contributed by atoms with van der Waals surface area (Å²) in [5.41, 5.74) is 0.847. The highest BCUT2D eigenvalue weighted by Crippen LogP contribution is 2.14. The molecule has 2 rings (SSSR count). The Hall–Kier alpha value is -3.69. The first-order valence-corrected chi connectivity index (χ1v) is 13.6. The molecule has 1 aromatic carbocycles. The zero-order valence-corrected chi connectivity index (χ0v) is 23.5. The predicted molar refractivity (Wildman–Crippen MR) is 147 cm³/mol. The number of amides is 4. The summed E-state index contributed by atoms with van der Waals surface area (Å²) in [7, 11) is 0. The fraction of sp³-hybridized carbons (Fsp3) is 0.552. The molecule has 0 spiro atoms. The van der Waals surface area contributed by atoms with Crippen molar-refractivity contribution in [3.63, 3.8) is 0 Å². The first-order valence-electron chi connectivity index (χ1n) is 13.6. The van der Waals surface area contributed by atoms with Crippen molar-refractivity contribution in [3.8, 4) is 0 Å². The van der Waals surface area contributed by atoms with E-state index in [9.17, 15) is 24.0 Å². The van der Waals surface area contributed by atoms with Crippen LogP contribution in [-0.4, -0.2) is 60.4 Å². The van der Waals surface area contributed by atoms with Gasteiger partial charge in [-0.05, 0) is 38.2 Å². The van der Waals surface area contributed by atoms with Gasteiger partial charge in [0.15, 0.2) is 0 Å². The van der Waals surface area contributed by atoms with E-state index in [0.29, 0.717) is 19.4 Å². The second-order valence-corrected chi connectivity index (χ2v) is 10.2. The SMILES string of the molecule is CCOC(=O)CC/C=C\C[C@H]1NC(=O)[C@@H](Cc2ccccc2)NC(=O)[C@@H](C)NC(=O)[C@@H](C(C)C)NC(=O)[C@@H]1C. The Bertz CT molecular complexity index is 1030. The maximum absolute atomic E-state index is 13.5. The normalized spacial score (nSPS) is 25.0. The third-order valence-corrected chi connectivity index (χ3v) is 6.64. The van der Waals surface area contributed by atoms with Crippen molar-refractivity contribution < 1.29 is 28.7 Å². The summed E-state index contributed by atoms with van der Waals surface area (Å²) in [6.07, 6.45) is 4.85. The third-order valence-electron chi connectivity index (χ3n) is 6.64. The molecule has 1 aromatic rings. The molecule has 0 radical (unpaired) electrons. The van der Waals surface area contributed by atoms with Crippen LogP contribution in [0.25, 0.3) is 0 Å². The van der Waals surface area contributed by atoms with E-state index in [1.54, 1.807) is 27.7 Å². The lowest BCUT2D eigenvalue weighted by Gasteiger charge is -2.28. The van der Waals surface area contributed by atoms with E-state index in [4.69, 9.17) is 4.74 Å². The first-order chi connectivity index (χ1) is 18.5. The lowest BCUT2D eigenvalue weighted by molar-refractivity contribution is -0.143. The number of carbonyl (C=O) groups is 5. The molecule has 1 aliphatic heterocycles.